The molecule has 172 valence electrons. The normalized spacial score (nSPS) is 13.5. The Kier molecular flexibility index (Phi) is 7.23. The fourth-order valence-electron chi connectivity index (χ4n) is 3.67. The zero-order valence-electron chi connectivity index (χ0n) is 22.4. The number of hydrogen-bond donors (Lipinski definition) is 1. The van der Waals surface area contributed by atoms with Crippen molar-refractivity contribution in [2.75, 3.05) is 0 Å². The summed E-state index contributed by atoms with van der Waals surface area (Å²) in [5, 5.41) is 3.73. The Labute approximate surface area is 193 Å². The van der Waals surface area contributed by atoms with E-state index in [0.717, 1.165) is 13.1 Å². The van der Waals surface area contributed by atoms with Crippen molar-refractivity contribution in [3.63, 3.8) is 0 Å². The van der Waals surface area contributed by atoms with Crippen LogP contribution >= 0.6 is 0 Å². The van der Waals surface area contributed by atoms with Gasteiger partial charge >= 0.3 is 0 Å². The van der Waals surface area contributed by atoms with E-state index >= 15 is 0 Å². The predicted molar refractivity (Wildman–Crippen MR) is 138 cm³/mol. The van der Waals surface area contributed by atoms with Crippen molar-refractivity contribution in [3.8, 4) is 0 Å². The molecule has 0 saturated heterocycles. The van der Waals surface area contributed by atoms with E-state index in [0.29, 0.717) is 0 Å². The van der Waals surface area contributed by atoms with E-state index in [9.17, 15) is 0 Å². The van der Waals surface area contributed by atoms with Gasteiger partial charge in [0.1, 0.15) is 0 Å². The number of rotatable bonds is 4. The van der Waals surface area contributed by atoms with Crippen LogP contribution in [0.3, 0.4) is 0 Å². The second-order valence-electron chi connectivity index (χ2n) is 13.4. The minimum Gasteiger partial charge on any atom is -0.309 e. The first-order valence-electron chi connectivity index (χ1n) is 11.9. The summed E-state index contributed by atoms with van der Waals surface area (Å²) in [5.74, 6) is 0. The second kappa shape index (κ2) is 8.74. The molecule has 0 aromatic heterocycles. The lowest BCUT2D eigenvalue weighted by molar-refractivity contribution is 0.562. The molecular weight excluding hydrogens is 374 g/mol. The quantitative estimate of drug-likeness (QED) is 0.525. The highest BCUT2D eigenvalue weighted by Gasteiger charge is 2.22. The molecule has 31 heavy (non-hydrogen) atoms. The molecule has 0 unspecified atom stereocenters. The number of hydrogen-bond acceptors (Lipinski definition) is 1. The maximum atomic E-state index is 3.73. The summed E-state index contributed by atoms with van der Waals surface area (Å²) in [6.45, 7) is 29.4. The monoisotopic (exact) mass is 421 g/mol. The van der Waals surface area contributed by atoms with Crippen molar-refractivity contribution in [1.82, 2.24) is 5.32 Å². The van der Waals surface area contributed by atoms with E-state index < -0.39 is 0 Å². The third-order valence-electron chi connectivity index (χ3n) is 6.11. The minimum absolute atomic E-state index is 0.151. The fourth-order valence-corrected chi connectivity index (χ4v) is 3.67. The molecule has 1 nitrogen and oxygen atoms in total. The maximum absolute atomic E-state index is 3.73. The lowest BCUT2D eigenvalue weighted by Crippen LogP contribution is -2.20. The Morgan fingerprint density at radius 1 is 0.419 bits per heavy atom. The van der Waals surface area contributed by atoms with Gasteiger partial charge in [-0.15, -0.1) is 0 Å². The van der Waals surface area contributed by atoms with Crippen molar-refractivity contribution in [2.24, 2.45) is 0 Å². The van der Waals surface area contributed by atoms with Crippen molar-refractivity contribution < 1.29 is 0 Å². The van der Waals surface area contributed by atoms with Crippen LogP contribution in [0, 0.1) is 0 Å². The molecule has 0 atom stereocenters. The average Bonchev–Trinajstić information content (AvgIpc) is 2.58. The highest BCUT2D eigenvalue weighted by Crippen LogP contribution is 2.32. The largest absolute Gasteiger partial charge is 0.309 e. The number of nitrogens with one attached hydrogen (secondary N) is 1. The Hall–Kier alpha value is -1.60. The summed E-state index contributed by atoms with van der Waals surface area (Å²) in [6.07, 6.45) is 0. The Balaban J connectivity index is 2.29. The molecule has 1 heteroatoms. The highest BCUT2D eigenvalue weighted by atomic mass is 14.8. The summed E-state index contributed by atoms with van der Waals surface area (Å²) < 4.78 is 0. The van der Waals surface area contributed by atoms with Crippen LogP contribution in [-0.2, 0) is 34.7 Å². The molecule has 0 radical (unpaired) electrons. The molecule has 0 saturated carbocycles. The van der Waals surface area contributed by atoms with Crippen molar-refractivity contribution in [1.29, 1.82) is 0 Å². The van der Waals surface area contributed by atoms with Gasteiger partial charge in [0.2, 0.25) is 0 Å². The molecule has 0 heterocycles. The van der Waals surface area contributed by atoms with Crippen LogP contribution in [0.5, 0.6) is 0 Å². The summed E-state index contributed by atoms with van der Waals surface area (Å²) in [4.78, 5) is 0. The summed E-state index contributed by atoms with van der Waals surface area (Å²) in [5.41, 5.74) is 9.03. The van der Waals surface area contributed by atoms with E-state index in [1.54, 1.807) is 0 Å². The van der Waals surface area contributed by atoms with Crippen LogP contribution in [0.4, 0.5) is 0 Å². The van der Waals surface area contributed by atoms with E-state index in [1.165, 1.54) is 33.4 Å². The zero-order valence-corrected chi connectivity index (χ0v) is 22.4. The van der Waals surface area contributed by atoms with Gasteiger partial charge in [-0.25, -0.2) is 0 Å². The standard InChI is InChI=1S/C30H47N/c1-27(2,3)23-13-21(14-24(17-23)28(4,5)6)19-31-20-22-15-25(29(7,8)9)18-26(16-22)30(10,11)12/h13-18,31H,19-20H2,1-12H3. The van der Waals surface area contributed by atoms with Gasteiger partial charge in [0, 0.05) is 13.1 Å². The Bertz CT molecular complexity index is 750. The average molecular weight is 422 g/mol. The van der Waals surface area contributed by atoms with Crippen LogP contribution in [0.25, 0.3) is 0 Å². The first-order chi connectivity index (χ1) is 13.9. The first-order valence-corrected chi connectivity index (χ1v) is 11.9. The first kappa shape index (κ1) is 25.7. The van der Waals surface area contributed by atoms with Crippen molar-refractivity contribution in [3.05, 3.63) is 69.8 Å². The number of benzene rings is 2. The molecule has 0 aliphatic rings. The van der Waals surface area contributed by atoms with Gasteiger partial charge < -0.3 is 5.32 Å². The van der Waals surface area contributed by atoms with E-state index in [1.807, 2.05) is 0 Å². The van der Waals surface area contributed by atoms with Gasteiger partial charge in [-0.05, 0) is 55.0 Å². The molecule has 1 N–H and O–H groups in total. The summed E-state index contributed by atoms with van der Waals surface area (Å²) in [6, 6.07) is 14.3. The van der Waals surface area contributed by atoms with Gasteiger partial charge in [0.05, 0.1) is 0 Å². The van der Waals surface area contributed by atoms with Gasteiger partial charge in [-0.1, -0.05) is 119 Å². The third-order valence-corrected chi connectivity index (χ3v) is 6.11. The Morgan fingerprint density at radius 3 is 0.839 bits per heavy atom. The van der Waals surface area contributed by atoms with Gasteiger partial charge in [-0.3, -0.25) is 0 Å². The topological polar surface area (TPSA) is 12.0 Å². The van der Waals surface area contributed by atoms with Crippen molar-refractivity contribution in [2.45, 2.75) is 118 Å². The lowest BCUT2D eigenvalue weighted by atomic mass is 9.79. The molecule has 0 aliphatic heterocycles. The molecule has 0 fully saturated rings. The van der Waals surface area contributed by atoms with E-state index in [-0.39, 0.29) is 21.7 Å². The van der Waals surface area contributed by atoms with Gasteiger partial charge in [-0.2, -0.15) is 0 Å². The smallest absolute Gasteiger partial charge is 0.0208 e. The van der Waals surface area contributed by atoms with Crippen LogP contribution in [-0.4, -0.2) is 0 Å². The van der Waals surface area contributed by atoms with Crippen LogP contribution < -0.4 is 5.32 Å². The molecular formula is C30H47N. The Morgan fingerprint density at radius 2 is 0.645 bits per heavy atom. The maximum Gasteiger partial charge on any atom is 0.0208 e. The third kappa shape index (κ3) is 7.21. The SMILES string of the molecule is CC(C)(C)c1cc(CNCc2cc(C(C)(C)C)cc(C(C)(C)C)c2)cc(C(C)(C)C)c1. The van der Waals surface area contributed by atoms with Gasteiger partial charge in [0.25, 0.3) is 0 Å². The molecule has 0 amide bonds. The lowest BCUT2D eigenvalue weighted by Gasteiger charge is -2.27. The van der Waals surface area contributed by atoms with Gasteiger partial charge in [0.15, 0.2) is 0 Å². The fraction of sp³-hybridized carbons (Fsp3) is 0.600. The molecule has 2 aromatic carbocycles. The predicted octanol–water partition coefficient (Wildman–Crippen LogP) is 8.17. The van der Waals surface area contributed by atoms with E-state index in [4.69, 9.17) is 0 Å². The molecule has 0 bridgehead atoms. The summed E-state index contributed by atoms with van der Waals surface area (Å²) in [7, 11) is 0. The van der Waals surface area contributed by atoms with Crippen molar-refractivity contribution >= 4 is 0 Å². The molecule has 2 aromatic rings. The molecule has 2 rings (SSSR count). The van der Waals surface area contributed by atoms with Crippen LogP contribution in [0.15, 0.2) is 36.4 Å². The minimum atomic E-state index is 0.151. The molecule has 0 spiro atoms. The zero-order chi connectivity index (χ0) is 23.8. The highest BCUT2D eigenvalue weighted by molar-refractivity contribution is 5.39. The van der Waals surface area contributed by atoms with Crippen LogP contribution in [0.1, 0.15) is 116 Å². The molecule has 0 aliphatic carbocycles. The second-order valence-corrected chi connectivity index (χ2v) is 13.4. The van der Waals surface area contributed by atoms with E-state index in [2.05, 4.69) is 125 Å². The summed E-state index contributed by atoms with van der Waals surface area (Å²) >= 11 is 0. The van der Waals surface area contributed by atoms with Crippen LogP contribution in [0.2, 0.25) is 0 Å².